The van der Waals surface area contributed by atoms with Crippen molar-refractivity contribution >= 4 is 0 Å². The predicted octanol–water partition coefficient (Wildman–Crippen LogP) is 2.92. The first-order chi connectivity index (χ1) is 7.36. The molecule has 0 saturated heterocycles. The zero-order valence-corrected chi connectivity index (χ0v) is 11.0. The van der Waals surface area contributed by atoms with Crippen LogP contribution in [-0.2, 0) is 6.42 Å². The Morgan fingerprint density at radius 3 is 2.50 bits per heavy atom. The number of aryl methyl sites for hydroxylation is 1. The molecule has 2 nitrogen and oxygen atoms in total. The van der Waals surface area contributed by atoms with Crippen LogP contribution in [0.15, 0.2) is 18.2 Å². The SMILES string of the molecule is COc1ccc(C)cc1CC(C)(N)C(C)C. The lowest BCUT2D eigenvalue weighted by Gasteiger charge is -2.30. The van der Waals surface area contributed by atoms with Crippen LogP contribution in [0, 0.1) is 12.8 Å². The van der Waals surface area contributed by atoms with Crippen molar-refractivity contribution in [1.29, 1.82) is 0 Å². The van der Waals surface area contributed by atoms with Crippen LogP contribution in [0.5, 0.6) is 5.75 Å². The number of benzene rings is 1. The van der Waals surface area contributed by atoms with E-state index in [-0.39, 0.29) is 5.54 Å². The lowest BCUT2D eigenvalue weighted by molar-refractivity contribution is 0.330. The fourth-order valence-corrected chi connectivity index (χ4v) is 1.66. The van der Waals surface area contributed by atoms with Gasteiger partial charge in [-0.3, -0.25) is 0 Å². The van der Waals surface area contributed by atoms with Crippen molar-refractivity contribution in [2.24, 2.45) is 11.7 Å². The molecule has 0 spiro atoms. The molecule has 0 amide bonds. The monoisotopic (exact) mass is 221 g/mol. The van der Waals surface area contributed by atoms with Crippen molar-refractivity contribution in [2.45, 2.75) is 39.7 Å². The van der Waals surface area contributed by atoms with Crippen molar-refractivity contribution in [3.63, 3.8) is 0 Å². The number of methoxy groups -OCH3 is 1. The molecule has 0 saturated carbocycles. The lowest BCUT2D eigenvalue weighted by atomic mass is 9.83. The van der Waals surface area contributed by atoms with Crippen molar-refractivity contribution in [2.75, 3.05) is 7.11 Å². The Hall–Kier alpha value is -1.02. The third-order valence-electron chi connectivity index (χ3n) is 3.33. The van der Waals surface area contributed by atoms with Crippen LogP contribution in [0.1, 0.15) is 31.9 Å². The molecule has 0 aliphatic heterocycles. The maximum absolute atomic E-state index is 6.31. The molecule has 1 rings (SSSR count). The highest BCUT2D eigenvalue weighted by atomic mass is 16.5. The summed E-state index contributed by atoms with van der Waals surface area (Å²) < 4.78 is 5.37. The highest BCUT2D eigenvalue weighted by Crippen LogP contribution is 2.26. The molecule has 0 aromatic heterocycles. The molecule has 0 heterocycles. The van der Waals surface area contributed by atoms with E-state index in [1.807, 2.05) is 6.07 Å². The van der Waals surface area contributed by atoms with Gasteiger partial charge < -0.3 is 10.5 Å². The third-order valence-corrected chi connectivity index (χ3v) is 3.33. The van der Waals surface area contributed by atoms with Crippen LogP contribution < -0.4 is 10.5 Å². The molecule has 90 valence electrons. The standard InChI is InChI=1S/C14H23NO/c1-10(2)14(4,15)9-12-8-11(3)6-7-13(12)16-5/h6-8,10H,9,15H2,1-5H3. The van der Waals surface area contributed by atoms with Crippen molar-refractivity contribution in [1.82, 2.24) is 0 Å². The summed E-state index contributed by atoms with van der Waals surface area (Å²) in [4.78, 5) is 0. The first kappa shape index (κ1) is 13.0. The zero-order chi connectivity index (χ0) is 12.3. The molecular formula is C14H23NO. The van der Waals surface area contributed by atoms with E-state index in [4.69, 9.17) is 10.5 Å². The smallest absolute Gasteiger partial charge is 0.122 e. The fraction of sp³-hybridized carbons (Fsp3) is 0.571. The molecule has 0 aliphatic rings. The highest BCUT2D eigenvalue weighted by molar-refractivity contribution is 5.38. The van der Waals surface area contributed by atoms with Gasteiger partial charge >= 0.3 is 0 Å². The van der Waals surface area contributed by atoms with Gasteiger partial charge in [0.15, 0.2) is 0 Å². The first-order valence-electron chi connectivity index (χ1n) is 5.79. The van der Waals surface area contributed by atoms with E-state index < -0.39 is 0 Å². The van der Waals surface area contributed by atoms with E-state index in [1.165, 1.54) is 11.1 Å². The van der Waals surface area contributed by atoms with Crippen LogP contribution in [0.4, 0.5) is 0 Å². The summed E-state index contributed by atoms with van der Waals surface area (Å²) in [7, 11) is 1.71. The van der Waals surface area contributed by atoms with E-state index in [9.17, 15) is 0 Å². The van der Waals surface area contributed by atoms with Gasteiger partial charge in [0.1, 0.15) is 5.75 Å². The van der Waals surface area contributed by atoms with Gasteiger partial charge in [-0.25, -0.2) is 0 Å². The fourth-order valence-electron chi connectivity index (χ4n) is 1.66. The normalized spacial score (nSPS) is 14.9. The number of hydrogen-bond donors (Lipinski definition) is 1. The summed E-state index contributed by atoms with van der Waals surface area (Å²) in [6.45, 7) is 8.50. The zero-order valence-electron chi connectivity index (χ0n) is 11.0. The van der Waals surface area contributed by atoms with Gasteiger partial charge in [-0.2, -0.15) is 0 Å². The van der Waals surface area contributed by atoms with Crippen molar-refractivity contribution < 1.29 is 4.74 Å². The van der Waals surface area contributed by atoms with Gasteiger partial charge in [0.25, 0.3) is 0 Å². The van der Waals surface area contributed by atoms with Crippen LogP contribution in [0.2, 0.25) is 0 Å². The van der Waals surface area contributed by atoms with Crippen molar-refractivity contribution in [3.8, 4) is 5.75 Å². The van der Waals surface area contributed by atoms with E-state index >= 15 is 0 Å². The Kier molecular flexibility index (Phi) is 3.98. The van der Waals surface area contributed by atoms with Gasteiger partial charge in [0.2, 0.25) is 0 Å². The number of hydrogen-bond acceptors (Lipinski definition) is 2. The van der Waals surface area contributed by atoms with Crippen LogP contribution in [0.3, 0.4) is 0 Å². The van der Waals surface area contributed by atoms with E-state index in [0.717, 1.165) is 12.2 Å². The van der Waals surface area contributed by atoms with E-state index in [2.05, 4.69) is 39.8 Å². The Balaban J connectivity index is 2.99. The molecule has 2 heteroatoms. The quantitative estimate of drug-likeness (QED) is 0.848. The third kappa shape index (κ3) is 2.99. The Morgan fingerprint density at radius 2 is 2.00 bits per heavy atom. The molecule has 0 fully saturated rings. The summed E-state index contributed by atoms with van der Waals surface area (Å²) in [5.41, 5.74) is 8.56. The second-order valence-corrected chi connectivity index (χ2v) is 5.15. The summed E-state index contributed by atoms with van der Waals surface area (Å²) in [6.07, 6.45) is 0.843. The molecule has 1 unspecified atom stereocenters. The Labute approximate surface area is 98.8 Å². The maximum Gasteiger partial charge on any atom is 0.122 e. The van der Waals surface area contributed by atoms with Gasteiger partial charge in [-0.05, 0) is 37.8 Å². The number of rotatable bonds is 4. The van der Waals surface area contributed by atoms with Gasteiger partial charge in [0, 0.05) is 5.54 Å². The predicted molar refractivity (Wildman–Crippen MR) is 68.9 cm³/mol. The molecule has 2 N–H and O–H groups in total. The lowest BCUT2D eigenvalue weighted by Crippen LogP contribution is -2.43. The second kappa shape index (κ2) is 4.88. The maximum atomic E-state index is 6.31. The Bertz CT molecular complexity index is 356. The Morgan fingerprint density at radius 1 is 1.38 bits per heavy atom. The van der Waals surface area contributed by atoms with Gasteiger partial charge in [0.05, 0.1) is 7.11 Å². The molecule has 1 aromatic rings. The minimum Gasteiger partial charge on any atom is -0.496 e. The molecular weight excluding hydrogens is 198 g/mol. The highest BCUT2D eigenvalue weighted by Gasteiger charge is 2.24. The summed E-state index contributed by atoms with van der Waals surface area (Å²) in [5, 5.41) is 0. The van der Waals surface area contributed by atoms with Crippen LogP contribution in [-0.4, -0.2) is 12.6 Å². The number of ether oxygens (including phenoxy) is 1. The minimum atomic E-state index is -0.193. The molecule has 0 aliphatic carbocycles. The van der Waals surface area contributed by atoms with E-state index in [1.54, 1.807) is 7.11 Å². The average Bonchev–Trinajstić information content (AvgIpc) is 2.17. The topological polar surface area (TPSA) is 35.2 Å². The second-order valence-electron chi connectivity index (χ2n) is 5.15. The molecule has 16 heavy (non-hydrogen) atoms. The largest absolute Gasteiger partial charge is 0.496 e. The summed E-state index contributed by atoms with van der Waals surface area (Å²) in [6, 6.07) is 6.24. The van der Waals surface area contributed by atoms with Crippen molar-refractivity contribution in [3.05, 3.63) is 29.3 Å². The van der Waals surface area contributed by atoms with Gasteiger partial charge in [-0.1, -0.05) is 31.5 Å². The molecule has 1 atom stereocenters. The van der Waals surface area contributed by atoms with E-state index in [0.29, 0.717) is 5.92 Å². The van der Waals surface area contributed by atoms with Gasteiger partial charge in [-0.15, -0.1) is 0 Å². The molecule has 0 bridgehead atoms. The first-order valence-corrected chi connectivity index (χ1v) is 5.79. The van der Waals surface area contributed by atoms with Crippen LogP contribution in [0.25, 0.3) is 0 Å². The minimum absolute atomic E-state index is 0.193. The van der Waals surface area contributed by atoms with Crippen LogP contribution >= 0.6 is 0 Å². The molecule has 0 radical (unpaired) electrons. The average molecular weight is 221 g/mol. The number of nitrogens with two attached hydrogens (primary N) is 1. The summed E-state index contributed by atoms with van der Waals surface area (Å²) in [5.74, 6) is 1.38. The summed E-state index contributed by atoms with van der Waals surface area (Å²) >= 11 is 0. The molecule has 1 aromatic carbocycles.